The van der Waals surface area contributed by atoms with Gasteiger partial charge in [0.2, 0.25) is 0 Å². The molecule has 0 fully saturated rings. The number of aryl methyl sites for hydroxylation is 2. The Morgan fingerprint density at radius 1 is 1.00 bits per heavy atom. The van der Waals surface area contributed by atoms with Crippen molar-refractivity contribution in [2.75, 3.05) is 6.61 Å². The molecular formula is C18H18OS. The minimum absolute atomic E-state index is 0.776. The summed E-state index contributed by atoms with van der Waals surface area (Å²) in [5.41, 5.74) is 5.17. The lowest BCUT2D eigenvalue weighted by Gasteiger charge is -2.21. The fourth-order valence-corrected chi connectivity index (χ4v) is 3.37. The fourth-order valence-electron chi connectivity index (χ4n) is 2.44. The zero-order chi connectivity index (χ0) is 13.9. The average Bonchev–Trinajstić information content (AvgIpc) is 2.47. The summed E-state index contributed by atoms with van der Waals surface area (Å²) >= 11 is 1.81. The smallest absolute Gasteiger partial charge is 0.129 e. The van der Waals surface area contributed by atoms with Gasteiger partial charge in [0.25, 0.3) is 0 Å². The third-order valence-corrected chi connectivity index (χ3v) is 4.71. The first kappa shape index (κ1) is 13.3. The lowest BCUT2D eigenvalue weighted by Crippen LogP contribution is -2.08. The van der Waals surface area contributed by atoms with Gasteiger partial charge in [0.1, 0.15) is 5.75 Å². The van der Waals surface area contributed by atoms with E-state index in [9.17, 15) is 0 Å². The molecule has 2 aromatic rings. The Hall–Kier alpha value is -1.67. The van der Waals surface area contributed by atoms with Crippen molar-refractivity contribution in [1.29, 1.82) is 0 Å². The molecule has 0 amide bonds. The van der Waals surface area contributed by atoms with Gasteiger partial charge in [0.15, 0.2) is 0 Å². The summed E-state index contributed by atoms with van der Waals surface area (Å²) in [6, 6.07) is 14.9. The Morgan fingerprint density at radius 3 is 2.65 bits per heavy atom. The van der Waals surface area contributed by atoms with Crippen molar-refractivity contribution in [2.45, 2.75) is 25.2 Å². The topological polar surface area (TPSA) is 9.23 Å². The largest absolute Gasteiger partial charge is 0.492 e. The number of ether oxygens (including phenoxy) is 1. The molecule has 20 heavy (non-hydrogen) atoms. The van der Waals surface area contributed by atoms with Crippen LogP contribution in [0.15, 0.2) is 52.8 Å². The standard InChI is InChI=1S/C18H18OS/c1-13-6-3-4-9-17(13)20-12-15-10-11-19-18-14(2)7-5-8-16(15)18/h3-9,12H,10-11H2,1-2H3/b15-12+. The van der Waals surface area contributed by atoms with E-state index in [0.717, 1.165) is 18.8 Å². The number of benzene rings is 2. The predicted molar refractivity (Wildman–Crippen MR) is 86.3 cm³/mol. The van der Waals surface area contributed by atoms with E-state index in [-0.39, 0.29) is 0 Å². The van der Waals surface area contributed by atoms with Gasteiger partial charge in [-0.25, -0.2) is 0 Å². The molecule has 0 saturated carbocycles. The normalized spacial score (nSPS) is 15.8. The number of thioether (sulfide) groups is 1. The van der Waals surface area contributed by atoms with Crippen molar-refractivity contribution in [2.24, 2.45) is 0 Å². The second-order valence-corrected chi connectivity index (χ2v) is 5.99. The van der Waals surface area contributed by atoms with Gasteiger partial charge in [0.05, 0.1) is 6.61 Å². The van der Waals surface area contributed by atoms with Crippen molar-refractivity contribution < 1.29 is 4.74 Å². The summed E-state index contributed by atoms with van der Waals surface area (Å²) in [7, 11) is 0. The lowest BCUT2D eigenvalue weighted by molar-refractivity contribution is 0.314. The molecule has 0 saturated heterocycles. The Bertz CT molecular complexity index is 658. The predicted octanol–water partition coefficient (Wildman–Crippen LogP) is 5.22. The second kappa shape index (κ2) is 5.76. The van der Waals surface area contributed by atoms with E-state index in [4.69, 9.17) is 4.74 Å². The summed E-state index contributed by atoms with van der Waals surface area (Å²) in [5, 5.41) is 2.28. The molecule has 0 N–H and O–H groups in total. The van der Waals surface area contributed by atoms with Crippen LogP contribution >= 0.6 is 11.8 Å². The van der Waals surface area contributed by atoms with E-state index in [2.05, 4.69) is 61.7 Å². The zero-order valence-corrected chi connectivity index (χ0v) is 12.7. The molecular weight excluding hydrogens is 264 g/mol. The molecule has 0 aromatic heterocycles. The maximum Gasteiger partial charge on any atom is 0.129 e. The Balaban J connectivity index is 1.91. The zero-order valence-electron chi connectivity index (χ0n) is 11.8. The number of hydrogen-bond acceptors (Lipinski definition) is 2. The number of fused-ring (bicyclic) bond motifs is 1. The summed E-state index contributed by atoms with van der Waals surface area (Å²) in [6.07, 6.45) is 0.981. The van der Waals surface area contributed by atoms with Crippen LogP contribution in [0.5, 0.6) is 5.75 Å². The van der Waals surface area contributed by atoms with Crippen molar-refractivity contribution >= 4 is 17.3 Å². The molecule has 1 aliphatic rings. The van der Waals surface area contributed by atoms with Gasteiger partial charge >= 0.3 is 0 Å². The highest BCUT2D eigenvalue weighted by molar-refractivity contribution is 8.02. The summed E-state index contributed by atoms with van der Waals surface area (Å²) in [6.45, 7) is 5.04. The fraction of sp³-hybridized carbons (Fsp3) is 0.222. The Labute approximate surface area is 124 Å². The molecule has 0 radical (unpaired) electrons. The highest BCUT2D eigenvalue weighted by Crippen LogP contribution is 2.37. The van der Waals surface area contributed by atoms with Gasteiger partial charge in [0, 0.05) is 16.9 Å². The Morgan fingerprint density at radius 2 is 1.80 bits per heavy atom. The van der Waals surface area contributed by atoms with Crippen LogP contribution < -0.4 is 4.74 Å². The molecule has 0 unspecified atom stereocenters. The maximum atomic E-state index is 5.81. The maximum absolute atomic E-state index is 5.81. The van der Waals surface area contributed by atoms with Gasteiger partial charge in [-0.1, -0.05) is 48.2 Å². The van der Waals surface area contributed by atoms with Crippen LogP contribution in [0.1, 0.15) is 23.1 Å². The summed E-state index contributed by atoms with van der Waals surface area (Å²) in [4.78, 5) is 1.32. The van der Waals surface area contributed by atoms with Crippen LogP contribution in [0, 0.1) is 13.8 Å². The van der Waals surface area contributed by atoms with E-state index in [1.807, 2.05) is 0 Å². The molecule has 2 heteroatoms. The van der Waals surface area contributed by atoms with E-state index in [1.165, 1.54) is 27.2 Å². The SMILES string of the molecule is Cc1ccccc1S/C=C1\CCOc2c(C)cccc21. The molecule has 102 valence electrons. The number of hydrogen-bond donors (Lipinski definition) is 0. The van der Waals surface area contributed by atoms with Crippen LogP contribution in [0.3, 0.4) is 0 Å². The van der Waals surface area contributed by atoms with Crippen LogP contribution in [0.4, 0.5) is 0 Å². The van der Waals surface area contributed by atoms with E-state index in [0.29, 0.717) is 0 Å². The highest BCUT2D eigenvalue weighted by Gasteiger charge is 2.16. The van der Waals surface area contributed by atoms with Gasteiger partial charge in [-0.3, -0.25) is 0 Å². The van der Waals surface area contributed by atoms with E-state index in [1.54, 1.807) is 11.8 Å². The Kier molecular flexibility index (Phi) is 3.83. The molecule has 1 nitrogen and oxygen atoms in total. The molecule has 0 spiro atoms. The second-order valence-electron chi connectivity index (χ2n) is 5.08. The van der Waals surface area contributed by atoms with Crippen LogP contribution in [-0.4, -0.2) is 6.61 Å². The molecule has 1 aliphatic heterocycles. The molecule has 2 aromatic carbocycles. The van der Waals surface area contributed by atoms with Crippen molar-refractivity contribution in [1.82, 2.24) is 0 Å². The minimum Gasteiger partial charge on any atom is -0.492 e. The van der Waals surface area contributed by atoms with Crippen molar-refractivity contribution in [3.63, 3.8) is 0 Å². The monoisotopic (exact) mass is 282 g/mol. The molecule has 3 rings (SSSR count). The van der Waals surface area contributed by atoms with Gasteiger partial charge in [-0.15, -0.1) is 0 Å². The van der Waals surface area contributed by atoms with Gasteiger partial charge in [-0.05, 0) is 42.0 Å². The summed E-state index contributed by atoms with van der Waals surface area (Å²) in [5.74, 6) is 1.05. The third-order valence-electron chi connectivity index (χ3n) is 3.60. The van der Waals surface area contributed by atoms with Crippen molar-refractivity contribution in [3.8, 4) is 5.75 Å². The lowest BCUT2D eigenvalue weighted by atomic mass is 9.99. The third kappa shape index (κ3) is 2.61. The first-order valence-electron chi connectivity index (χ1n) is 6.90. The van der Waals surface area contributed by atoms with Crippen LogP contribution in [0.25, 0.3) is 5.57 Å². The van der Waals surface area contributed by atoms with E-state index >= 15 is 0 Å². The molecule has 0 atom stereocenters. The number of para-hydroxylation sites is 1. The first-order valence-corrected chi connectivity index (χ1v) is 7.78. The number of rotatable bonds is 2. The van der Waals surface area contributed by atoms with Crippen molar-refractivity contribution in [3.05, 3.63) is 64.6 Å². The minimum atomic E-state index is 0.776. The molecule has 0 bridgehead atoms. The highest BCUT2D eigenvalue weighted by atomic mass is 32.2. The van der Waals surface area contributed by atoms with E-state index < -0.39 is 0 Å². The quantitative estimate of drug-likeness (QED) is 0.698. The van der Waals surface area contributed by atoms with Gasteiger partial charge in [-0.2, -0.15) is 0 Å². The summed E-state index contributed by atoms with van der Waals surface area (Å²) < 4.78 is 5.81. The average molecular weight is 282 g/mol. The van der Waals surface area contributed by atoms with Crippen LogP contribution in [0.2, 0.25) is 0 Å². The van der Waals surface area contributed by atoms with Crippen LogP contribution in [-0.2, 0) is 0 Å². The van der Waals surface area contributed by atoms with Gasteiger partial charge < -0.3 is 4.74 Å². The first-order chi connectivity index (χ1) is 9.75. The molecule has 1 heterocycles. The molecule has 0 aliphatic carbocycles.